The Kier molecular flexibility index (Phi) is 13.8. The van der Waals surface area contributed by atoms with Crippen molar-refractivity contribution in [1.29, 1.82) is 0 Å². The summed E-state index contributed by atoms with van der Waals surface area (Å²) in [5.41, 5.74) is 6.61. The van der Waals surface area contributed by atoms with Gasteiger partial charge in [-0.05, 0) is 147 Å². The van der Waals surface area contributed by atoms with Crippen molar-refractivity contribution >= 4 is 23.2 Å². The minimum absolute atomic E-state index is 0.118. The second-order valence-electron chi connectivity index (χ2n) is 18.8. The molecule has 0 spiro atoms. The third kappa shape index (κ3) is 10.3. The van der Waals surface area contributed by atoms with E-state index in [1.54, 1.807) is 10.6 Å². The highest BCUT2D eigenvalue weighted by molar-refractivity contribution is 5.94. The number of pyridine rings is 1. The van der Waals surface area contributed by atoms with Crippen LogP contribution in [0.25, 0.3) is 0 Å². The molecule has 2 amide bonds. The fraction of sp³-hybridized carbons (Fsp3) is 0.364. The first-order valence-electron chi connectivity index (χ1n) is 23.7. The van der Waals surface area contributed by atoms with Gasteiger partial charge in [0, 0.05) is 41.8 Å². The van der Waals surface area contributed by atoms with Crippen LogP contribution < -0.4 is 21.8 Å². The fourth-order valence-corrected chi connectivity index (χ4v) is 11.0. The monoisotopic (exact) mass is 885 g/mol. The number of fused-ring (bicyclic) bond motifs is 2. The van der Waals surface area contributed by atoms with E-state index in [0.717, 1.165) is 86.0 Å². The molecule has 4 aromatic carbocycles. The molecule has 340 valence electrons. The summed E-state index contributed by atoms with van der Waals surface area (Å²) >= 11 is 0. The molecule has 66 heavy (non-hydrogen) atoms. The summed E-state index contributed by atoms with van der Waals surface area (Å²) in [7, 11) is 0. The predicted molar refractivity (Wildman–Crippen MR) is 256 cm³/mol. The van der Waals surface area contributed by atoms with E-state index in [-0.39, 0.29) is 29.0 Å². The molecule has 11 nitrogen and oxygen atoms in total. The number of aliphatic hydroxyl groups is 2. The van der Waals surface area contributed by atoms with Gasteiger partial charge in [0.1, 0.15) is 17.9 Å². The van der Waals surface area contributed by atoms with Crippen molar-refractivity contribution in [2.24, 2.45) is 23.7 Å². The number of amides is 2. The summed E-state index contributed by atoms with van der Waals surface area (Å²) in [6.45, 7) is 0. The second-order valence-corrected chi connectivity index (χ2v) is 18.8. The highest BCUT2D eigenvalue weighted by Crippen LogP contribution is 2.42. The normalized spacial score (nSPS) is 22.6. The lowest BCUT2D eigenvalue weighted by Gasteiger charge is -2.19. The van der Waals surface area contributed by atoms with E-state index in [1.165, 1.54) is 34.0 Å². The zero-order chi connectivity index (χ0) is 45.6. The summed E-state index contributed by atoms with van der Waals surface area (Å²) in [4.78, 5) is 54.2. The summed E-state index contributed by atoms with van der Waals surface area (Å²) in [6, 6.07) is 41.5. The predicted octanol–water partition coefficient (Wildman–Crippen LogP) is 8.73. The lowest BCUT2D eigenvalue weighted by Crippen LogP contribution is -2.31. The first-order valence-corrected chi connectivity index (χ1v) is 23.7. The number of rotatable bonds is 12. The molecule has 2 fully saturated rings. The van der Waals surface area contributed by atoms with Gasteiger partial charge in [-0.25, -0.2) is 4.98 Å². The van der Waals surface area contributed by atoms with Gasteiger partial charge in [-0.3, -0.25) is 23.7 Å². The van der Waals surface area contributed by atoms with Crippen LogP contribution in [-0.4, -0.2) is 36.1 Å². The van der Waals surface area contributed by atoms with Gasteiger partial charge in [-0.15, -0.1) is 0 Å². The van der Waals surface area contributed by atoms with E-state index in [2.05, 4.69) is 39.9 Å². The van der Waals surface area contributed by atoms with Crippen LogP contribution in [0, 0.1) is 23.7 Å². The Bertz CT molecular complexity index is 2530. The van der Waals surface area contributed by atoms with Crippen LogP contribution >= 0.6 is 0 Å². The topological polar surface area (TPSA) is 156 Å². The molecule has 8 atom stereocenters. The largest absolute Gasteiger partial charge is 0.388 e. The van der Waals surface area contributed by atoms with Gasteiger partial charge >= 0.3 is 0 Å². The number of carbonyl (C=O) groups is 2. The van der Waals surface area contributed by atoms with Gasteiger partial charge in [0.25, 0.3) is 11.1 Å². The van der Waals surface area contributed by atoms with Gasteiger partial charge in [0.15, 0.2) is 0 Å². The zero-order valence-electron chi connectivity index (χ0n) is 37.3. The Morgan fingerprint density at radius 1 is 0.545 bits per heavy atom. The van der Waals surface area contributed by atoms with Gasteiger partial charge in [-0.2, -0.15) is 0 Å². The third-order valence-corrected chi connectivity index (χ3v) is 14.4. The molecule has 2 aliphatic heterocycles. The average Bonchev–Trinajstić information content (AvgIpc) is 4.19. The Hall–Kier alpha value is -6.43. The van der Waals surface area contributed by atoms with Crippen LogP contribution in [0.3, 0.4) is 0 Å². The van der Waals surface area contributed by atoms with Gasteiger partial charge in [0.2, 0.25) is 11.8 Å². The first-order chi connectivity index (χ1) is 32.2. The van der Waals surface area contributed by atoms with Crippen molar-refractivity contribution in [2.75, 3.05) is 10.6 Å². The Balaban J connectivity index is 0.000000166. The van der Waals surface area contributed by atoms with E-state index in [0.29, 0.717) is 48.8 Å². The number of aromatic nitrogens is 3. The molecule has 4 N–H and O–H groups in total. The summed E-state index contributed by atoms with van der Waals surface area (Å²) in [5.74, 6) is 2.11. The number of nitrogens with zero attached hydrogens (tertiary/aromatic N) is 3. The van der Waals surface area contributed by atoms with E-state index in [9.17, 15) is 29.4 Å². The molecular formula is C55H59N5O6. The highest BCUT2D eigenvalue weighted by atomic mass is 16.3. The molecule has 2 aliphatic carbocycles. The van der Waals surface area contributed by atoms with Crippen LogP contribution in [0.1, 0.15) is 109 Å². The lowest BCUT2D eigenvalue weighted by atomic mass is 9.91. The van der Waals surface area contributed by atoms with Crippen LogP contribution in [0.5, 0.6) is 0 Å². The molecule has 0 bridgehead atoms. The van der Waals surface area contributed by atoms with Crippen molar-refractivity contribution in [3.05, 3.63) is 194 Å². The van der Waals surface area contributed by atoms with Gasteiger partial charge in [-0.1, -0.05) is 91.0 Å². The van der Waals surface area contributed by atoms with Gasteiger partial charge in [0.05, 0.1) is 12.2 Å². The van der Waals surface area contributed by atoms with Crippen molar-refractivity contribution in [3.63, 3.8) is 0 Å². The van der Waals surface area contributed by atoms with Crippen molar-refractivity contribution < 1.29 is 19.8 Å². The van der Waals surface area contributed by atoms with Crippen molar-refractivity contribution in [3.8, 4) is 0 Å². The Morgan fingerprint density at radius 2 is 1.03 bits per heavy atom. The van der Waals surface area contributed by atoms with Crippen LogP contribution in [0.15, 0.2) is 149 Å². The molecule has 4 aliphatic rings. The number of aliphatic hydroxyl groups excluding tert-OH is 2. The SMILES string of the molecule is O=C(Nc1ccc(C[C@@H]2CC[C@H]([C@H](O)c3ccccc3)C2)cc1)[C@@H]1CCc2cccc(=O)n21.O=C(Nc1ccc(C[C@@H]2CC[C@H]([C@H](O)c3ccccc3)C2)cc1)[C@@H]1CCc2nccc(=O)n21. The maximum atomic E-state index is 12.8. The molecule has 0 saturated heterocycles. The summed E-state index contributed by atoms with van der Waals surface area (Å²) in [6.07, 6.45) is 11.7. The van der Waals surface area contributed by atoms with E-state index in [1.807, 2.05) is 91.0 Å². The number of hydrogen-bond acceptors (Lipinski definition) is 7. The fourth-order valence-electron chi connectivity index (χ4n) is 11.0. The van der Waals surface area contributed by atoms with E-state index in [4.69, 9.17) is 0 Å². The number of aryl methyl sites for hydroxylation is 2. The minimum Gasteiger partial charge on any atom is -0.388 e. The first kappa shape index (κ1) is 44.8. The van der Waals surface area contributed by atoms with Crippen molar-refractivity contribution in [2.45, 2.75) is 101 Å². The average molecular weight is 886 g/mol. The molecule has 2 aromatic heterocycles. The quantitative estimate of drug-likeness (QED) is 0.0959. The molecule has 11 heteroatoms. The molecule has 0 unspecified atom stereocenters. The molecule has 0 radical (unpaired) electrons. The molecule has 10 rings (SSSR count). The number of nitrogens with one attached hydrogen (secondary N) is 2. The molecule has 4 heterocycles. The summed E-state index contributed by atoms with van der Waals surface area (Å²) < 4.78 is 3.12. The third-order valence-electron chi connectivity index (χ3n) is 14.4. The molecule has 6 aromatic rings. The maximum Gasteiger partial charge on any atom is 0.254 e. The number of hydrogen-bond donors (Lipinski definition) is 4. The number of carbonyl (C=O) groups excluding carboxylic acids is 2. The van der Waals surface area contributed by atoms with E-state index >= 15 is 0 Å². The Labute approximate surface area is 385 Å². The Morgan fingerprint density at radius 3 is 1.56 bits per heavy atom. The second kappa shape index (κ2) is 20.4. The van der Waals surface area contributed by atoms with E-state index < -0.39 is 18.2 Å². The number of benzene rings is 4. The van der Waals surface area contributed by atoms with Crippen molar-refractivity contribution in [1.82, 2.24) is 14.1 Å². The van der Waals surface area contributed by atoms with Crippen LogP contribution in [-0.2, 0) is 35.3 Å². The minimum atomic E-state index is -0.507. The standard InChI is InChI=1S/C28H30N2O3.C27H29N3O3/c31-26-8-4-7-24-15-16-25(30(24)26)28(33)29-23-13-10-19(11-14-23)17-20-9-12-22(18-20)27(32)21-5-2-1-3-6-21;31-25-14-15-28-24-13-12-23(30(24)25)27(33)29-22-10-7-18(8-11-22)16-19-6-9-21(17-19)26(32)20-4-2-1-3-5-20/h1-8,10-11,13-14,20,22,25,27,32H,9,12,15-18H2,(H,29,33);1-5,7-8,10-11,14-15,19,21,23,26,32H,6,9,12-13,16-17H2,(H,29,33)/t20-,22-,25-,27+;19-,21-,23-,26+/m00/s1. The summed E-state index contributed by atoms with van der Waals surface area (Å²) in [5, 5.41) is 27.4. The number of anilines is 2. The maximum absolute atomic E-state index is 12.8. The van der Waals surface area contributed by atoms with Crippen LogP contribution in [0.4, 0.5) is 11.4 Å². The zero-order valence-corrected chi connectivity index (χ0v) is 37.3. The van der Waals surface area contributed by atoms with Gasteiger partial charge < -0.3 is 25.4 Å². The molecule has 2 saturated carbocycles. The lowest BCUT2D eigenvalue weighted by molar-refractivity contribution is -0.119. The van der Waals surface area contributed by atoms with Crippen LogP contribution in [0.2, 0.25) is 0 Å². The molecular weight excluding hydrogens is 827 g/mol. The smallest absolute Gasteiger partial charge is 0.254 e. The highest BCUT2D eigenvalue weighted by Gasteiger charge is 2.33.